The SMILES string of the molecule is CCOc1cc2nc(CC)c(C#N)c(Nc3cc(Cl)c4nn(C)cc4c3)c2cc1NC(=O)/C=C/CN(C)C. The van der Waals surface area contributed by atoms with Gasteiger partial charge in [0.1, 0.15) is 17.3 Å². The second kappa shape index (κ2) is 11.5. The van der Waals surface area contributed by atoms with Gasteiger partial charge in [0.15, 0.2) is 0 Å². The number of fused-ring (bicyclic) bond motifs is 2. The van der Waals surface area contributed by atoms with Gasteiger partial charge >= 0.3 is 0 Å². The molecule has 2 heterocycles. The normalized spacial score (nSPS) is 11.4. The number of aromatic nitrogens is 3. The maximum atomic E-state index is 12.7. The minimum atomic E-state index is -0.283. The molecule has 0 spiro atoms. The van der Waals surface area contributed by atoms with Gasteiger partial charge in [-0.3, -0.25) is 14.5 Å². The van der Waals surface area contributed by atoms with Crippen molar-refractivity contribution in [3.05, 3.63) is 58.9 Å². The second-order valence-corrected chi connectivity index (χ2v) is 9.46. The Bertz CT molecular complexity index is 1580. The molecule has 0 bridgehead atoms. The lowest BCUT2D eigenvalue weighted by Crippen LogP contribution is -2.13. The Kier molecular flexibility index (Phi) is 8.15. The Balaban J connectivity index is 1.86. The molecule has 0 fully saturated rings. The van der Waals surface area contributed by atoms with Gasteiger partial charge in [-0.2, -0.15) is 10.4 Å². The number of anilines is 3. The fourth-order valence-corrected chi connectivity index (χ4v) is 4.46. The van der Waals surface area contributed by atoms with Crippen molar-refractivity contribution in [1.29, 1.82) is 5.26 Å². The first-order valence-corrected chi connectivity index (χ1v) is 12.7. The molecule has 2 aromatic heterocycles. The molecule has 1 amide bonds. The van der Waals surface area contributed by atoms with Crippen molar-refractivity contribution in [2.75, 3.05) is 37.9 Å². The molecule has 0 saturated carbocycles. The van der Waals surface area contributed by atoms with Crippen LogP contribution < -0.4 is 15.4 Å². The largest absolute Gasteiger partial charge is 0.492 e. The van der Waals surface area contributed by atoms with Crippen molar-refractivity contribution >= 4 is 56.4 Å². The molecule has 2 aromatic carbocycles. The summed E-state index contributed by atoms with van der Waals surface area (Å²) in [5.74, 6) is 0.216. The number of ether oxygens (including phenoxy) is 1. The van der Waals surface area contributed by atoms with Gasteiger partial charge in [-0.1, -0.05) is 24.6 Å². The highest BCUT2D eigenvalue weighted by molar-refractivity contribution is 6.35. The van der Waals surface area contributed by atoms with Gasteiger partial charge in [-0.25, -0.2) is 0 Å². The molecule has 0 aliphatic heterocycles. The fraction of sp³-hybridized carbons (Fsp3) is 0.286. The summed E-state index contributed by atoms with van der Waals surface area (Å²) in [6, 6.07) is 9.61. The Morgan fingerprint density at radius 3 is 2.74 bits per heavy atom. The van der Waals surface area contributed by atoms with Crippen LogP contribution in [0.2, 0.25) is 5.02 Å². The van der Waals surface area contributed by atoms with E-state index in [4.69, 9.17) is 21.3 Å². The topological polar surface area (TPSA) is 108 Å². The van der Waals surface area contributed by atoms with Crippen molar-refractivity contribution in [3.8, 4) is 11.8 Å². The quantitative estimate of drug-likeness (QED) is 0.278. The first kappa shape index (κ1) is 26.9. The van der Waals surface area contributed by atoms with E-state index in [0.717, 1.165) is 5.39 Å². The molecule has 4 aromatic rings. The molecule has 196 valence electrons. The summed E-state index contributed by atoms with van der Waals surface area (Å²) >= 11 is 6.52. The summed E-state index contributed by atoms with van der Waals surface area (Å²) in [6.45, 7) is 4.88. The van der Waals surface area contributed by atoms with E-state index in [-0.39, 0.29) is 5.91 Å². The van der Waals surface area contributed by atoms with E-state index < -0.39 is 0 Å². The number of rotatable bonds is 9. The maximum Gasteiger partial charge on any atom is 0.248 e. The summed E-state index contributed by atoms with van der Waals surface area (Å²) in [4.78, 5) is 19.4. The van der Waals surface area contributed by atoms with Crippen molar-refractivity contribution in [3.63, 3.8) is 0 Å². The predicted octanol–water partition coefficient (Wildman–Crippen LogP) is 5.41. The van der Waals surface area contributed by atoms with Gasteiger partial charge in [-0.05, 0) is 45.6 Å². The minimum Gasteiger partial charge on any atom is -0.492 e. The first-order chi connectivity index (χ1) is 18.2. The van der Waals surface area contributed by atoms with Gasteiger partial charge < -0.3 is 20.3 Å². The van der Waals surface area contributed by atoms with Gasteiger partial charge in [0.05, 0.1) is 39.8 Å². The number of nitriles is 1. The Labute approximate surface area is 226 Å². The molecule has 0 radical (unpaired) electrons. The molecular weight excluding hydrogens is 502 g/mol. The molecular formula is C28H30ClN7O2. The van der Waals surface area contributed by atoms with E-state index in [1.54, 1.807) is 29.0 Å². The molecule has 9 nitrogen and oxygen atoms in total. The van der Waals surface area contributed by atoms with Crippen LogP contribution in [0.5, 0.6) is 5.75 Å². The van der Waals surface area contributed by atoms with E-state index in [1.807, 2.05) is 52.2 Å². The minimum absolute atomic E-state index is 0.283. The van der Waals surface area contributed by atoms with Crippen molar-refractivity contribution < 1.29 is 9.53 Å². The number of nitrogens with one attached hydrogen (secondary N) is 2. The second-order valence-electron chi connectivity index (χ2n) is 9.05. The van der Waals surface area contributed by atoms with Gasteiger partial charge in [0.2, 0.25) is 5.91 Å². The number of nitrogens with zero attached hydrogens (tertiary/aromatic N) is 5. The van der Waals surface area contributed by atoms with Crippen LogP contribution in [0.3, 0.4) is 0 Å². The number of carbonyl (C=O) groups excluding carboxylic acids is 1. The summed E-state index contributed by atoms with van der Waals surface area (Å²) in [7, 11) is 5.69. The van der Waals surface area contributed by atoms with Gasteiger partial charge in [0, 0.05) is 48.4 Å². The predicted molar refractivity (Wildman–Crippen MR) is 152 cm³/mol. The third kappa shape index (κ3) is 5.72. The van der Waals surface area contributed by atoms with E-state index >= 15 is 0 Å². The Morgan fingerprint density at radius 1 is 1.26 bits per heavy atom. The number of amides is 1. The highest BCUT2D eigenvalue weighted by Gasteiger charge is 2.19. The standard InChI is InChI=1S/C28H30ClN7O2/c1-6-22-20(15-30)28(31-18-11-17-16-36(5)34-27(17)21(29)12-18)19-13-24(25(38-7-2)14-23(19)32-22)33-26(37)9-8-10-35(3)4/h8-9,11-14,16H,6-7,10H2,1-5H3,(H,31,32)(H,33,37)/b9-8+. The molecule has 0 saturated heterocycles. The van der Waals surface area contributed by atoms with Crippen molar-refractivity contribution in [2.45, 2.75) is 20.3 Å². The van der Waals surface area contributed by atoms with E-state index in [0.29, 0.717) is 75.1 Å². The van der Waals surface area contributed by atoms with Crippen LogP contribution >= 0.6 is 11.6 Å². The lowest BCUT2D eigenvalue weighted by atomic mass is 10.0. The first-order valence-electron chi connectivity index (χ1n) is 12.3. The van der Waals surface area contributed by atoms with E-state index in [1.165, 1.54) is 6.08 Å². The van der Waals surface area contributed by atoms with Crippen molar-refractivity contribution in [2.24, 2.45) is 7.05 Å². The van der Waals surface area contributed by atoms with E-state index in [9.17, 15) is 10.1 Å². The number of carbonyl (C=O) groups is 1. The number of hydrogen-bond acceptors (Lipinski definition) is 7. The fourth-order valence-electron chi connectivity index (χ4n) is 4.19. The van der Waals surface area contributed by atoms with Crippen LogP contribution in [0, 0.1) is 11.3 Å². The summed E-state index contributed by atoms with van der Waals surface area (Å²) in [6.07, 6.45) is 5.72. The average Bonchev–Trinajstić information content (AvgIpc) is 3.25. The smallest absolute Gasteiger partial charge is 0.248 e. The summed E-state index contributed by atoms with van der Waals surface area (Å²) in [5, 5.41) is 22.9. The number of aryl methyl sites for hydroxylation is 2. The molecule has 10 heteroatoms. The maximum absolute atomic E-state index is 12.7. The molecule has 2 N–H and O–H groups in total. The summed E-state index contributed by atoms with van der Waals surface area (Å²) in [5.41, 5.74) is 4.18. The number of likely N-dealkylation sites (N-methyl/N-ethyl adjacent to an activating group) is 1. The number of benzene rings is 2. The molecule has 4 rings (SSSR count). The van der Waals surface area contributed by atoms with Gasteiger partial charge in [-0.15, -0.1) is 0 Å². The Hall–Kier alpha value is -4.13. The molecule has 0 aliphatic rings. The monoisotopic (exact) mass is 531 g/mol. The molecule has 38 heavy (non-hydrogen) atoms. The third-order valence-corrected chi connectivity index (χ3v) is 6.14. The van der Waals surface area contributed by atoms with Crippen LogP contribution in [-0.2, 0) is 18.3 Å². The van der Waals surface area contributed by atoms with Crippen LogP contribution in [0.4, 0.5) is 17.1 Å². The van der Waals surface area contributed by atoms with Crippen LogP contribution in [0.15, 0.2) is 42.6 Å². The van der Waals surface area contributed by atoms with Crippen LogP contribution in [0.1, 0.15) is 25.1 Å². The highest BCUT2D eigenvalue weighted by atomic mass is 35.5. The average molecular weight is 532 g/mol. The van der Waals surface area contributed by atoms with E-state index in [2.05, 4.69) is 21.8 Å². The lowest BCUT2D eigenvalue weighted by molar-refractivity contribution is -0.111. The zero-order valence-corrected chi connectivity index (χ0v) is 22.8. The number of hydrogen-bond donors (Lipinski definition) is 2. The van der Waals surface area contributed by atoms with Crippen LogP contribution in [-0.4, -0.2) is 52.8 Å². The zero-order chi connectivity index (χ0) is 27.4. The zero-order valence-electron chi connectivity index (χ0n) is 22.1. The third-order valence-electron chi connectivity index (χ3n) is 5.85. The van der Waals surface area contributed by atoms with Crippen LogP contribution in [0.25, 0.3) is 21.8 Å². The summed E-state index contributed by atoms with van der Waals surface area (Å²) < 4.78 is 7.55. The molecule has 0 atom stereocenters. The lowest BCUT2D eigenvalue weighted by Gasteiger charge is -2.18. The molecule has 0 unspecified atom stereocenters. The van der Waals surface area contributed by atoms with Crippen molar-refractivity contribution in [1.82, 2.24) is 19.7 Å². The number of pyridine rings is 1. The highest BCUT2D eigenvalue weighted by Crippen LogP contribution is 2.38. The number of halogens is 1. The van der Waals surface area contributed by atoms with Gasteiger partial charge in [0.25, 0.3) is 0 Å². The Morgan fingerprint density at radius 2 is 2.05 bits per heavy atom. The molecule has 0 aliphatic carbocycles.